The molecule has 162 valence electrons. The first-order valence-corrected chi connectivity index (χ1v) is 11.7. The molecule has 0 bridgehead atoms. The number of ketones is 1. The number of fused-ring (bicyclic) bond motifs is 2. The van der Waals surface area contributed by atoms with Crippen LogP contribution in [0.5, 0.6) is 0 Å². The Labute approximate surface area is 185 Å². The van der Waals surface area contributed by atoms with Crippen molar-refractivity contribution in [1.82, 2.24) is 4.98 Å². The minimum absolute atomic E-state index is 0.0799. The van der Waals surface area contributed by atoms with Crippen molar-refractivity contribution in [2.24, 2.45) is 0 Å². The van der Waals surface area contributed by atoms with E-state index in [1.807, 2.05) is 19.1 Å². The predicted octanol–water partition coefficient (Wildman–Crippen LogP) is 4.37. The number of esters is 1. The molecule has 31 heavy (non-hydrogen) atoms. The van der Waals surface area contributed by atoms with E-state index in [1.165, 1.54) is 22.3 Å². The second-order valence-electron chi connectivity index (χ2n) is 8.07. The number of para-hydroxylation sites is 1. The van der Waals surface area contributed by atoms with Crippen LogP contribution in [0.4, 0.5) is 5.00 Å². The number of hydrogen-bond donors (Lipinski definition) is 1. The Kier molecular flexibility index (Phi) is 5.54. The van der Waals surface area contributed by atoms with Gasteiger partial charge in [0.25, 0.3) is 0 Å². The van der Waals surface area contributed by atoms with E-state index in [-0.39, 0.29) is 17.8 Å². The summed E-state index contributed by atoms with van der Waals surface area (Å²) < 4.78 is 11.2. The first-order chi connectivity index (χ1) is 15.2. The van der Waals surface area contributed by atoms with Gasteiger partial charge in [0.1, 0.15) is 5.00 Å². The Morgan fingerprint density at radius 1 is 1.32 bits per heavy atom. The van der Waals surface area contributed by atoms with Crippen LogP contribution in [0.25, 0.3) is 10.9 Å². The number of rotatable bonds is 5. The lowest BCUT2D eigenvalue weighted by Gasteiger charge is -2.37. The van der Waals surface area contributed by atoms with Crippen molar-refractivity contribution in [2.75, 3.05) is 31.3 Å². The second kappa shape index (κ2) is 8.48. The number of anilines is 1. The number of Topliss-reactive ketones (excluding diaryl/α,β-unsaturated/α-hetero) is 1. The maximum atomic E-state index is 13.0. The Hall–Kier alpha value is -2.64. The molecule has 1 aliphatic heterocycles. The minimum atomic E-state index is -0.318. The monoisotopic (exact) mass is 438 g/mol. The molecule has 1 atom stereocenters. The van der Waals surface area contributed by atoms with Crippen molar-refractivity contribution in [3.05, 3.63) is 52.0 Å². The number of H-pyrrole nitrogens is 1. The van der Waals surface area contributed by atoms with Crippen LogP contribution in [-0.2, 0) is 22.3 Å². The Bertz CT molecular complexity index is 1130. The molecule has 1 saturated heterocycles. The van der Waals surface area contributed by atoms with Crippen molar-refractivity contribution >= 4 is 39.0 Å². The van der Waals surface area contributed by atoms with Crippen LogP contribution in [0.3, 0.4) is 0 Å². The average molecular weight is 439 g/mol. The fraction of sp³-hybridized carbons (Fsp3) is 0.417. The fourth-order valence-electron chi connectivity index (χ4n) is 4.72. The Morgan fingerprint density at radius 2 is 2.19 bits per heavy atom. The number of nitrogens with zero attached hydrogens (tertiary/aromatic N) is 1. The normalized spacial score (nSPS) is 18.9. The third-order valence-electron chi connectivity index (χ3n) is 6.17. The van der Waals surface area contributed by atoms with E-state index in [0.29, 0.717) is 38.3 Å². The molecule has 3 heterocycles. The fourth-order valence-corrected chi connectivity index (χ4v) is 6.12. The summed E-state index contributed by atoms with van der Waals surface area (Å²) in [7, 11) is 0. The molecular formula is C24H26N2O4S. The highest BCUT2D eigenvalue weighted by molar-refractivity contribution is 7.18. The van der Waals surface area contributed by atoms with Crippen LogP contribution in [0, 0.1) is 0 Å². The summed E-state index contributed by atoms with van der Waals surface area (Å²) in [5.41, 5.74) is 3.82. The topological polar surface area (TPSA) is 71.6 Å². The lowest BCUT2D eigenvalue weighted by Crippen LogP contribution is -2.47. The number of thiophene rings is 1. The van der Waals surface area contributed by atoms with E-state index < -0.39 is 0 Å². The average Bonchev–Trinajstić information content (AvgIpc) is 3.37. The van der Waals surface area contributed by atoms with Gasteiger partial charge in [-0.15, -0.1) is 11.3 Å². The molecule has 3 aromatic rings. The number of ether oxygens (including phenoxy) is 2. The van der Waals surface area contributed by atoms with Crippen molar-refractivity contribution in [3.63, 3.8) is 0 Å². The van der Waals surface area contributed by atoms with Gasteiger partial charge in [-0.2, -0.15) is 0 Å². The summed E-state index contributed by atoms with van der Waals surface area (Å²) in [6.45, 7) is 4.00. The minimum Gasteiger partial charge on any atom is -0.462 e. The summed E-state index contributed by atoms with van der Waals surface area (Å²) in [6, 6.07) is 8.36. The van der Waals surface area contributed by atoms with Crippen LogP contribution in [0.15, 0.2) is 30.5 Å². The maximum Gasteiger partial charge on any atom is 0.341 e. The van der Waals surface area contributed by atoms with Gasteiger partial charge in [0.05, 0.1) is 36.3 Å². The van der Waals surface area contributed by atoms with Gasteiger partial charge in [-0.1, -0.05) is 18.2 Å². The molecule has 1 N–H and O–H groups in total. The number of carbonyl (C=O) groups is 2. The molecule has 1 aromatic carbocycles. The van der Waals surface area contributed by atoms with E-state index in [0.717, 1.165) is 40.2 Å². The lowest BCUT2D eigenvalue weighted by atomic mass is 9.94. The van der Waals surface area contributed by atoms with Gasteiger partial charge in [-0.05, 0) is 43.4 Å². The quantitative estimate of drug-likeness (QED) is 0.599. The van der Waals surface area contributed by atoms with Crippen molar-refractivity contribution in [1.29, 1.82) is 0 Å². The van der Waals surface area contributed by atoms with Gasteiger partial charge in [-0.3, -0.25) is 4.79 Å². The molecule has 1 aliphatic carbocycles. The number of hydrogen-bond acceptors (Lipinski definition) is 6. The SMILES string of the molecule is CCOC(=O)c1c(N2CCOC[C@@H]2Cc2c[nH]c3ccccc23)sc2c1CCCC2=O. The molecule has 0 spiro atoms. The second-order valence-corrected chi connectivity index (χ2v) is 9.07. The zero-order valence-corrected chi connectivity index (χ0v) is 18.4. The largest absolute Gasteiger partial charge is 0.462 e. The smallest absolute Gasteiger partial charge is 0.341 e. The van der Waals surface area contributed by atoms with E-state index in [9.17, 15) is 9.59 Å². The van der Waals surface area contributed by atoms with Crippen LogP contribution < -0.4 is 4.90 Å². The Morgan fingerprint density at radius 3 is 3.06 bits per heavy atom. The molecule has 5 rings (SSSR count). The van der Waals surface area contributed by atoms with Crippen LogP contribution in [0.1, 0.15) is 50.9 Å². The molecule has 2 aromatic heterocycles. The van der Waals surface area contributed by atoms with Crippen molar-refractivity contribution < 1.29 is 19.1 Å². The van der Waals surface area contributed by atoms with Crippen molar-refractivity contribution in [3.8, 4) is 0 Å². The molecule has 7 heteroatoms. The highest BCUT2D eigenvalue weighted by atomic mass is 32.1. The van der Waals surface area contributed by atoms with Crippen LogP contribution in [-0.4, -0.2) is 49.1 Å². The first kappa shape index (κ1) is 20.3. The maximum absolute atomic E-state index is 13.0. The van der Waals surface area contributed by atoms with Gasteiger partial charge in [0, 0.05) is 30.1 Å². The third kappa shape index (κ3) is 3.66. The Balaban J connectivity index is 1.54. The predicted molar refractivity (Wildman–Crippen MR) is 121 cm³/mol. The number of carbonyl (C=O) groups excluding carboxylic acids is 2. The van der Waals surface area contributed by atoms with E-state index in [4.69, 9.17) is 9.47 Å². The molecule has 1 fully saturated rings. The summed E-state index contributed by atoms with van der Waals surface area (Å²) in [5, 5.41) is 2.08. The first-order valence-electron chi connectivity index (χ1n) is 10.9. The van der Waals surface area contributed by atoms with E-state index >= 15 is 0 Å². The zero-order chi connectivity index (χ0) is 21.4. The number of benzene rings is 1. The summed E-state index contributed by atoms with van der Waals surface area (Å²) in [5.74, 6) is -0.175. The van der Waals surface area contributed by atoms with Gasteiger partial charge in [0.15, 0.2) is 5.78 Å². The molecule has 0 unspecified atom stereocenters. The molecule has 6 nitrogen and oxygen atoms in total. The van der Waals surface area contributed by atoms with Gasteiger partial charge in [0.2, 0.25) is 0 Å². The zero-order valence-electron chi connectivity index (χ0n) is 17.6. The van der Waals surface area contributed by atoms with Gasteiger partial charge in [-0.25, -0.2) is 4.79 Å². The number of morpholine rings is 1. The molecule has 2 aliphatic rings. The number of aromatic nitrogens is 1. The van der Waals surface area contributed by atoms with Crippen LogP contribution >= 0.6 is 11.3 Å². The van der Waals surface area contributed by atoms with E-state index in [1.54, 1.807) is 0 Å². The molecule has 0 saturated carbocycles. The molecule has 0 radical (unpaired) electrons. The van der Waals surface area contributed by atoms with Crippen molar-refractivity contribution in [2.45, 2.75) is 38.6 Å². The summed E-state index contributed by atoms with van der Waals surface area (Å²) >= 11 is 1.46. The highest BCUT2D eigenvalue weighted by Gasteiger charge is 2.35. The molecule has 0 amide bonds. The van der Waals surface area contributed by atoms with Gasteiger partial charge < -0.3 is 19.4 Å². The van der Waals surface area contributed by atoms with E-state index in [2.05, 4.69) is 28.2 Å². The summed E-state index contributed by atoms with van der Waals surface area (Å²) in [6.07, 6.45) is 4.95. The standard InChI is InChI=1S/C24H26N2O4S/c1-2-30-24(28)21-18-7-5-9-20(27)22(18)31-23(21)26-10-11-29-14-16(26)12-15-13-25-19-8-4-3-6-17(15)19/h3-4,6,8,13,16,25H,2,5,7,9-12,14H2,1H3/t16-/m0/s1. The number of aromatic amines is 1. The number of nitrogens with one attached hydrogen (secondary N) is 1. The lowest BCUT2D eigenvalue weighted by molar-refractivity contribution is 0.0524. The summed E-state index contributed by atoms with van der Waals surface area (Å²) in [4.78, 5) is 31.9. The highest BCUT2D eigenvalue weighted by Crippen LogP contribution is 2.42. The van der Waals surface area contributed by atoms with Gasteiger partial charge >= 0.3 is 5.97 Å². The third-order valence-corrected chi connectivity index (χ3v) is 7.48. The molecular weight excluding hydrogens is 412 g/mol. The van der Waals surface area contributed by atoms with Crippen LogP contribution in [0.2, 0.25) is 0 Å².